The lowest BCUT2D eigenvalue weighted by Gasteiger charge is -2.31. The zero-order valence-electron chi connectivity index (χ0n) is 12.7. The first-order valence-corrected chi connectivity index (χ1v) is 8.28. The van der Waals surface area contributed by atoms with Crippen LogP contribution in [0.2, 0.25) is 10.0 Å². The summed E-state index contributed by atoms with van der Waals surface area (Å²) >= 11 is 12.4. The Bertz CT molecular complexity index is 692. The molecule has 1 aliphatic rings. The second-order valence-corrected chi connectivity index (χ2v) is 6.58. The first kappa shape index (κ1) is 16.3. The van der Waals surface area contributed by atoms with E-state index in [2.05, 4.69) is 15.7 Å². The third kappa shape index (κ3) is 3.52. The summed E-state index contributed by atoms with van der Waals surface area (Å²) in [7, 11) is 0. The van der Waals surface area contributed by atoms with Gasteiger partial charge < -0.3 is 10.6 Å². The highest BCUT2D eigenvalue weighted by Gasteiger charge is 2.29. The molecular weight excluding hydrogens is 335 g/mol. The summed E-state index contributed by atoms with van der Waals surface area (Å²) < 4.78 is 1.69. The zero-order chi connectivity index (χ0) is 16.4. The van der Waals surface area contributed by atoms with E-state index in [-0.39, 0.29) is 11.8 Å². The van der Waals surface area contributed by atoms with E-state index >= 15 is 0 Å². The van der Waals surface area contributed by atoms with Crippen LogP contribution in [0.5, 0.6) is 0 Å². The topological polar surface area (TPSA) is 59.0 Å². The number of hydrogen-bond acceptors (Lipinski definition) is 3. The lowest BCUT2D eigenvalue weighted by molar-refractivity contribution is -0.121. The molecule has 1 unspecified atom stereocenters. The Morgan fingerprint density at radius 3 is 2.70 bits per heavy atom. The number of carbonyl (C=O) groups excluding carboxylic acids is 1. The second-order valence-electron chi connectivity index (χ2n) is 5.77. The first-order valence-electron chi connectivity index (χ1n) is 7.52. The molecule has 1 aliphatic heterocycles. The van der Waals surface area contributed by atoms with Crippen molar-refractivity contribution in [3.05, 3.63) is 46.1 Å². The molecule has 0 spiro atoms. The molecule has 2 heterocycles. The fourth-order valence-corrected chi connectivity index (χ4v) is 3.03. The van der Waals surface area contributed by atoms with Gasteiger partial charge in [0.2, 0.25) is 5.91 Å². The smallest absolute Gasteiger partial charge is 0.228 e. The van der Waals surface area contributed by atoms with Crippen LogP contribution in [-0.2, 0) is 11.3 Å². The molecule has 5 nitrogen and oxygen atoms in total. The van der Waals surface area contributed by atoms with Crippen molar-refractivity contribution in [1.29, 1.82) is 0 Å². The Morgan fingerprint density at radius 1 is 1.39 bits per heavy atom. The van der Waals surface area contributed by atoms with E-state index in [0.29, 0.717) is 28.3 Å². The molecule has 1 amide bonds. The Kier molecular flexibility index (Phi) is 4.90. The van der Waals surface area contributed by atoms with Gasteiger partial charge in [0.1, 0.15) is 5.82 Å². The average molecular weight is 353 g/mol. The fraction of sp³-hybridized carbons (Fsp3) is 0.375. The summed E-state index contributed by atoms with van der Waals surface area (Å²) in [4.78, 5) is 12.4. The first-order chi connectivity index (χ1) is 11.1. The second kappa shape index (κ2) is 6.91. The van der Waals surface area contributed by atoms with E-state index in [0.717, 1.165) is 18.7 Å². The Balaban J connectivity index is 1.73. The van der Waals surface area contributed by atoms with Crippen molar-refractivity contribution < 1.29 is 4.79 Å². The Morgan fingerprint density at radius 2 is 2.09 bits per heavy atom. The lowest BCUT2D eigenvalue weighted by Crippen LogP contribution is -2.48. The Hall–Kier alpha value is -1.56. The van der Waals surface area contributed by atoms with Crippen LogP contribution in [0.25, 0.3) is 0 Å². The molecule has 1 aromatic carbocycles. The van der Waals surface area contributed by atoms with Crippen LogP contribution in [0.1, 0.15) is 12.5 Å². The van der Waals surface area contributed by atoms with Crippen LogP contribution in [-0.4, -0.2) is 28.8 Å². The number of halogens is 2. The molecule has 1 saturated heterocycles. The highest BCUT2D eigenvalue weighted by molar-refractivity contribution is 6.35. The van der Waals surface area contributed by atoms with Crippen molar-refractivity contribution in [2.75, 3.05) is 18.4 Å². The SMILES string of the molecule is CC(C(=O)Nc1ccnn1Cc1c(Cl)cccc1Cl)C1CNC1. The maximum atomic E-state index is 12.4. The quantitative estimate of drug-likeness (QED) is 0.869. The van der Waals surface area contributed by atoms with Gasteiger partial charge in [-0.15, -0.1) is 0 Å². The minimum absolute atomic E-state index is 0.00325. The number of nitrogens with one attached hydrogen (secondary N) is 2. The van der Waals surface area contributed by atoms with Gasteiger partial charge >= 0.3 is 0 Å². The standard InChI is InChI=1S/C16H18Cl2N4O/c1-10(11-7-19-8-11)16(23)21-15-5-6-20-22(15)9-12-13(17)3-2-4-14(12)18/h2-6,10-11,19H,7-9H2,1H3,(H,21,23). The third-order valence-electron chi connectivity index (χ3n) is 4.27. The number of nitrogens with zero attached hydrogens (tertiary/aromatic N) is 2. The highest BCUT2D eigenvalue weighted by Crippen LogP contribution is 2.26. The molecule has 3 rings (SSSR count). The molecule has 23 heavy (non-hydrogen) atoms. The van der Waals surface area contributed by atoms with Crippen molar-refractivity contribution in [3.8, 4) is 0 Å². The van der Waals surface area contributed by atoms with E-state index in [4.69, 9.17) is 23.2 Å². The van der Waals surface area contributed by atoms with Crippen molar-refractivity contribution in [3.63, 3.8) is 0 Å². The molecule has 0 bridgehead atoms. The third-order valence-corrected chi connectivity index (χ3v) is 4.98. The van der Waals surface area contributed by atoms with Gasteiger partial charge in [-0.2, -0.15) is 5.10 Å². The number of carbonyl (C=O) groups is 1. The van der Waals surface area contributed by atoms with Crippen LogP contribution in [0.3, 0.4) is 0 Å². The normalized spacial score (nSPS) is 16.0. The summed E-state index contributed by atoms with van der Waals surface area (Å²) in [5, 5.41) is 11.6. The van der Waals surface area contributed by atoms with E-state index < -0.39 is 0 Å². The summed E-state index contributed by atoms with van der Waals surface area (Å²) in [6.45, 7) is 4.14. The van der Waals surface area contributed by atoms with Gasteiger partial charge in [-0.1, -0.05) is 36.2 Å². The van der Waals surface area contributed by atoms with Crippen LogP contribution >= 0.6 is 23.2 Å². The van der Waals surface area contributed by atoms with Crippen LogP contribution in [0, 0.1) is 11.8 Å². The van der Waals surface area contributed by atoms with Gasteiger partial charge in [0.25, 0.3) is 0 Å². The fourth-order valence-electron chi connectivity index (χ4n) is 2.52. The van der Waals surface area contributed by atoms with Crippen molar-refractivity contribution >= 4 is 34.9 Å². The van der Waals surface area contributed by atoms with E-state index in [1.165, 1.54) is 0 Å². The van der Waals surface area contributed by atoms with Crippen molar-refractivity contribution in [1.82, 2.24) is 15.1 Å². The molecule has 7 heteroatoms. The number of rotatable bonds is 5. The summed E-state index contributed by atoms with van der Waals surface area (Å²) in [5.41, 5.74) is 0.784. The average Bonchev–Trinajstić information content (AvgIpc) is 2.88. The molecular formula is C16H18Cl2N4O. The van der Waals surface area contributed by atoms with Gasteiger partial charge in [0.15, 0.2) is 0 Å². The molecule has 0 aliphatic carbocycles. The van der Waals surface area contributed by atoms with Gasteiger partial charge in [-0.25, -0.2) is 4.68 Å². The summed E-state index contributed by atoms with van der Waals surface area (Å²) in [6.07, 6.45) is 1.65. The Labute approximate surface area is 145 Å². The van der Waals surface area contributed by atoms with Gasteiger partial charge in [0, 0.05) is 27.6 Å². The van der Waals surface area contributed by atoms with Crippen LogP contribution in [0.15, 0.2) is 30.5 Å². The lowest BCUT2D eigenvalue weighted by atomic mass is 9.88. The van der Waals surface area contributed by atoms with Crippen LogP contribution < -0.4 is 10.6 Å². The van der Waals surface area contributed by atoms with E-state index in [9.17, 15) is 4.79 Å². The maximum absolute atomic E-state index is 12.4. The van der Waals surface area contributed by atoms with E-state index in [1.807, 2.05) is 6.92 Å². The molecule has 122 valence electrons. The molecule has 2 aromatic rings. The van der Waals surface area contributed by atoms with Crippen molar-refractivity contribution in [2.45, 2.75) is 13.5 Å². The van der Waals surface area contributed by atoms with Gasteiger partial charge in [0.05, 0.1) is 12.7 Å². The summed E-state index contributed by atoms with van der Waals surface area (Å²) in [6, 6.07) is 7.15. The van der Waals surface area contributed by atoms with E-state index in [1.54, 1.807) is 35.1 Å². The predicted molar refractivity (Wildman–Crippen MR) is 91.9 cm³/mol. The minimum Gasteiger partial charge on any atom is -0.316 e. The molecule has 0 saturated carbocycles. The van der Waals surface area contributed by atoms with Crippen LogP contribution in [0.4, 0.5) is 5.82 Å². The van der Waals surface area contributed by atoms with Gasteiger partial charge in [-0.05, 0) is 31.1 Å². The molecule has 0 radical (unpaired) electrons. The maximum Gasteiger partial charge on any atom is 0.228 e. The highest BCUT2D eigenvalue weighted by atomic mass is 35.5. The number of benzene rings is 1. The number of amides is 1. The molecule has 1 fully saturated rings. The minimum atomic E-state index is -0.0384. The number of hydrogen-bond donors (Lipinski definition) is 2. The summed E-state index contributed by atoms with van der Waals surface area (Å²) in [5.74, 6) is 1.00. The number of anilines is 1. The van der Waals surface area contributed by atoms with Crippen molar-refractivity contribution in [2.24, 2.45) is 11.8 Å². The number of aromatic nitrogens is 2. The monoisotopic (exact) mass is 352 g/mol. The molecule has 2 N–H and O–H groups in total. The molecule has 1 aromatic heterocycles. The predicted octanol–water partition coefficient (Wildman–Crippen LogP) is 3.03. The largest absolute Gasteiger partial charge is 0.316 e. The zero-order valence-corrected chi connectivity index (χ0v) is 14.2. The van der Waals surface area contributed by atoms with Gasteiger partial charge in [-0.3, -0.25) is 4.79 Å². The molecule has 1 atom stereocenters.